The van der Waals surface area contributed by atoms with Gasteiger partial charge in [0.2, 0.25) is 11.6 Å². The van der Waals surface area contributed by atoms with Gasteiger partial charge in [-0.1, -0.05) is 24.3 Å². The second-order valence-corrected chi connectivity index (χ2v) is 15.5. The van der Waals surface area contributed by atoms with Gasteiger partial charge in [-0.3, -0.25) is 33.7 Å². The van der Waals surface area contributed by atoms with E-state index in [1.54, 1.807) is 38.5 Å². The Hall–Kier alpha value is -6.04. The zero-order valence-electron chi connectivity index (χ0n) is 30.5. The highest BCUT2D eigenvalue weighted by molar-refractivity contribution is 7.16. The number of ketones is 4. The summed E-state index contributed by atoms with van der Waals surface area (Å²) in [6.07, 6.45) is 3.40. The Bertz CT molecular complexity index is 2200. The molecule has 15 nitrogen and oxygen atoms in total. The second-order valence-electron chi connectivity index (χ2n) is 13.5. The molecule has 0 saturated carbocycles. The molecular formula is C39H35N7O8S2. The highest BCUT2D eigenvalue weighted by Crippen LogP contribution is 2.38. The second kappa shape index (κ2) is 14.9. The fourth-order valence-electron chi connectivity index (χ4n) is 7.01. The number of carbonyl (C=O) groups excluding carboxylic acids is 6. The molecule has 8 rings (SSSR count). The molecule has 0 radical (unpaired) electrons. The number of amides is 2. The van der Waals surface area contributed by atoms with E-state index in [4.69, 9.17) is 9.47 Å². The lowest BCUT2D eigenvalue weighted by molar-refractivity contribution is -0.0903. The minimum absolute atomic E-state index is 0.0202. The molecule has 2 fully saturated rings. The lowest BCUT2D eigenvalue weighted by Crippen LogP contribution is -2.66. The summed E-state index contributed by atoms with van der Waals surface area (Å²) in [7, 11) is 5.01. The van der Waals surface area contributed by atoms with Crippen molar-refractivity contribution in [2.45, 2.75) is 38.3 Å². The van der Waals surface area contributed by atoms with Crippen molar-refractivity contribution in [1.82, 2.24) is 35.3 Å². The van der Waals surface area contributed by atoms with Crippen molar-refractivity contribution in [3.63, 3.8) is 0 Å². The Kier molecular flexibility index (Phi) is 9.82. The van der Waals surface area contributed by atoms with Gasteiger partial charge in [-0.25, -0.2) is 9.97 Å². The van der Waals surface area contributed by atoms with E-state index in [1.807, 2.05) is 46.0 Å². The fourth-order valence-corrected chi connectivity index (χ4v) is 8.79. The Balaban J connectivity index is 0.906. The van der Waals surface area contributed by atoms with Crippen molar-refractivity contribution >= 4 is 57.6 Å². The summed E-state index contributed by atoms with van der Waals surface area (Å²) in [4.78, 5) is 94.6. The third-order valence-electron chi connectivity index (χ3n) is 10.3. The van der Waals surface area contributed by atoms with Crippen molar-refractivity contribution in [2.24, 2.45) is 0 Å². The molecular weight excluding hydrogens is 759 g/mol. The summed E-state index contributed by atoms with van der Waals surface area (Å²) in [6, 6.07) is 14.4. The first-order valence-corrected chi connectivity index (χ1v) is 19.4. The van der Waals surface area contributed by atoms with E-state index >= 15 is 0 Å². The van der Waals surface area contributed by atoms with Crippen molar-refractivity contribution in [1.29, 1.82) is 0 Å². The van der Waals surface area contributed by atoms with E-state index < -0.39 is 34.9 Å². The van der Waals surface area contributed by atoms with Crippen LogP contribution < -0.4 is 20.1 Å². The van der Waals surface area contributed by atoms with Gasteiger partial charge in [0, 0.05) is 38.3 Å². The summed E-state index contributed by atoms with van der Waals surface area (Å²) >= 11 is 1.78. The number of carbonyl (C=O) groups is 6. The van der Waals surface area contributed by atoms with E-state index in [1.165, 1.54) is 12.2 Å². The van der Waals surface area contributed by atoms with Crippen molar-refractivity contribution in [3.05, 3.63) is 114 Å². The number of thiazole rings is 2. The Morgan fingerprint density at radius 2 is 1.09 bits per heavy atom. The molecule has 17 heteroatoms. The topological polar surface area (TPSA) is 180 Å². The molecule has 4 heterocycles. The number of hydrogen-bond donors (Lipinski definition) is 2. The molecule has 2 unspecified atom stereocenters. The Morgan fingerprint density at radius 3 is 1.43 bits per heavy atom. The van der Waals surface area contributed by atoms with Crippen molar-refractivity contribution < 1.29 is 38.2 Å². The SMILES string of the molecule is COc1ccc(CNC(=O)c2nc3c(s2)C(=O)C=C(N2CCC2N(C)C2CCN2C2=CC(=O)c4sc(C(=O)NCc5ccc(OC)cc5)nc4C2=O)C3=O)cc1. The van der Waals surface area contributed by atoms with Gasteiger partial charge in [-0.2, -0.15) is 0 Å². The average Bonchev–Trinajstić information content (AvgIpc) is 3.84. The van der Waals surface area contributed by atoms with E-state index in [9.17, 15) is 28.8 Å². The van der Waals surface area contributed by atoms with E-state index in [2.05, 4.69) is 20.6 Å². The molecule has 4 aliphatic rings. The van der Waals surface area contributed by atoms with Crippen LogP contribution in [-0.2, 0) is 13.1 Å². The van der Waals surface area contributed by atoms with Crippen molar-refractivity contribution in [2.75, 3.05) is 34.4 Å². The summed E-state index contributed by atoms with van der Waals surface area (Å²) in [6.45, 7) is 1.47. The fraction of sp³-hybridized carbons (Fsp3) is 0.282. The first kappa shape index (κ1) is 36.9. The normalized spacial score (nSPS) is 18.7. The molecule has 2 saturated heterocycles. The van der Waals surface area contributed by atoms with Gasteiger partial charge in [-0.05, 0) is 55.3 Å². The van der Waals surface area contributed by atoms with E-state index in [-0.39, 0.29) is 68.0 Å². The van der Waals surface area contributed by atoms with Gasteiger partial charge in [0.15, 0.2) is 21.6 Å². The van der Waals surface area contributed by atoms with Crippen LogP contribution in [0, 0.1) is 0 Å². The van der Waals surface area contributed by atoms with Crippen LogP contribution in [0.25, 0.3) is 0 Å². The molecule has 2 aliphatic carbocycles. The minimum atomic E-state index is -0.493. The smallest absolute Gasteiger partial charge is 0.280 e. The lowest BCUT2D eigenvalue weighted by atomic mass is 9.96. The van der Waals surface area contributed by atoms with Crippen LogP contribution in [0.2, 0.25) is 0 Å². The van der Waals surface area contributed by atoms with E-state index in [0.717, 1.165) is 33.8 Å². The number of ether oxygens (including phenoxy) is 2. The number of aromatic nitrogens is 2. The minimum Gasteiger partial charge on any atom is -0.497 e. The van der Waals surface area contributed by atoms with Gasteiger partial charge >= 0.3 is 0 Å². The quantitative estimate of drug-likeness (QED) is 0.212. The zero-order chi connectivity index (χ0) is 39.2. The molecule has 2 aromatic carbocycles. The number of methoxy groups -OCH3 is 2. The maximum Gasteiger partial charge on any atom is 0.280 e. The third kappa shape index (κ3) is 6.67. The summed E-state index contributed by atoms with van der Waals surface area (Å²) in [5.41, 5.74) is 1.98. The Morgan fingerprint density at radius 1 is 0.696 bits per heavy atom. The van der Waals surface area contributed by atoms with Crippen LogP contribution in [0.15, 0.2) is 72.1 Å². The van der Waals surface area contributed by atoms with Gasteiger partial charge in [0.1, 0.15) is 32.6 Å². The number of nitrogens with zero attached hydrogens (tertiary/aromatic N) is 5. The molecule has 0 spiro atoms. The molecule has 286 valence electrons. The molecule has 2 aromatic heterocycles. The Labute approximate surface area is 328 Å². The van der Waals surface area contributed by atoms with E-state index in [0.29, 0.717) is 37.4 Å². The van der Waals surface area contributed by atoms with Crippen LogP contribution in [0.3, 0.4) is 0 Å². The summed E-state index contributed by atoms with van der Waals surface area (Å²) in [5, 5.41) is 5.62. The maximum absolute atomic E-state index is 13.8. The van der Waals surface area contributed by atoms with Gasteiger partial charge in [-0.15, -0.1) is 22.7 Å². The predicted molar refractivity (Wildman–Crippen MR) is 204 cm³/mol. The molecule has 4 aromatic rings. The number of nitrogens with one attached hydrogen (secondary N) is 2. The molecule has 2 N–H and O–H groups in total. The van der Waals surface area contributed by atoms with Gasteiger partial charge < -0.3 is 29.9 Å². The summed E-state index contributed by atoms with van der Waals surface area (Å²) < 4.78 is 10.3. The van der Waals surface area contributed by atoms with Crippen LogP contribution in [0.1, 0.15) is 83.9 Å². The standard InChI is InChI=1S/C39H35N7O8S2/c1-44(28-12-14-45(28)24-16-26(47)34-30(32(24)49)42-38(55-34)36(51)40-18-20-4-8-22(53-2)9-5-20)29-13-15-46(29)25-17-27(48)35-31(33(25)50)43-39(56-35)37(52)41-19-21-6-10-23(54-3)11-7-21/h4-11,16-17,28-29H,12-15,18-19H2,1-3H3,(H,40,51)(H,41,52). The monoisotopic (exact) mass is 793 g/mol. The number of benzene rings is 2. The molecule has 56 heavy (non-hydrogen) atoms. The lowest BCUT2D eigenvalue weighted by Gasteiger charge is -2.56. The number of allylic oxidation sites excluding steroid dienone is 4. The van der Waals surface area contributed by atoms with Crippen LogP contribution >= 0.6 is 22.7 Å². The maximum atomic E-state index is 13.8. The largest absolute Gasteiger partial charge is 0.497 e. The molecule has 2 aliphatic heterocycles. The number of fused-ring (bicyclic) bond motifs is 2. The number of Topliss-reactive ketones (excluding diaryl/α,β-unsaturated/α-hetero) is 2. The van der Waals surface area contributed by atoms with Crippen LogP contribution in [-0.4, -0.2) is 106 Å². The first-order valence-electron chi connectivity index (χ1n) is 17.7. The third-order valence-corrected chi connectivity index (χ3v) is 12.4. The van der Waals surface area contributed by atoms with Crippen molar-refractivity contribution in [3.8, 4) is 11.5 Å². The zero-order valence-corrected chi connectivity index (χ0v) is 32.1. The number of likely N-dealkylation sites (tertiary alicyclic amines) is 2. The highest BCUT2D eigenvalue weighted by Gasteiger charge is 2.46. The van der Waals surface area contributed by atoms with Gasteiger partial charge in [0.05, 0.1) is 37.9 Å². The number of hydrogen-bond acceptors (Lipinski definition) is 15. The molecule has 2 atom stereocenters. The molecule has 0 bridgehead atoms. The highest BCUT2D eigenvalue weighted by atomic mass is 32.1. The average molecular weight is 794 g/mol. The first-order chi connectivity index (χ1) is 27.0. The van der Waals surface area contributed by atoms with Gasteiger partial charge in [0.25, 0.3) is 11.8 Å². The van der Waals surface area contributed by atoms with Crippen LogP contribution in [0.4, 0.5) is 0 Å². The van der Waals surface area contributed by atoms with Crippen LogP contribution in [0.5, 0.6) is 11.5 Å². The predicted octanol–water partition coefficient (Wildman–Crippen LogP) is 3.70. The molecule has 2 amide bonds. The summed E-state index contributed by atoms with van der Waals surface area (Å²) in [5.74, 6) is -1.28. The number of rotatable bonds is 12.